The highest BCUT2D eigenvalue weighted by Gasteiger charge is 2.27. The Balaban J connectivity index is 2.94. The summed E-state index contributed by atoms with van der Waals surface area (Å²) < 4.78 is 27.6. The molecule has 0 aliphatic heterocycles. The molecule has 0 fully saturated rings. The second kappa shape index (κ2) is 7.03. The molecule has 0 amide bonds. The molecule has 5 nitrogen and oxygen atoms in total. The molecule has 21 heavy (non-hydrogen) atoms. The number of nitriles is 1. The van der Waals surface area contributed by atoms with Crippen molar-refractivity contribution in [2.75, 3.05) is 14.1 Å². The van der Waals surface area contributed by atoms with Crippen molar-refractivity contribution in [1.29, 1.82) is 5.26 Å². The Morgan fingerprint density at radius 2 is 1.90 bits per heavy atom. The standard InChI is InChI=1S/C15H23N3O2S/c1-12-6-7-13(2)15(10-12)11-17(4)21(19,20)18(5)14(3)8-9-16/h6-7,10,14H,8,11H2,1-5H3/t14-/m0/s1. The van der Waals surface area contributed by atoms with Crippen LogP contribution in [0.15, 0.2) is 18.2 Å². The minimum absolute atomic E-state index is 0.174. The van der Waals surface area contributed by atoms with Crippen molar-refractivity contribution in [3.8, 4) is 6.07 Å². The van der Waals surface area contributed by atoms with Crippen LogP contribution in [0.25, 0.3) is 0 Å². The van der Waals surface area contributed by atoms with Crippen LogP contribution in [0.2, 0.25) is 0 Å². The van der Waals surface area contributed by atoms with Gasteiger partial charge in [-0.3, -0.25) is 0 Å². The van der Waals surface area contributed by atoms with Crippen LogP contribution in [-0.2, 0) is 16.8 Å². The van der Waals surface area contributed by atoms with E-state index in [0.717, 1.165) is 16.7 Å². The van der Waals surface area contributed by atoms with Crippen molar-refractivity contribution in [3.63, 3.8) is 0 Å². The quantitative estimate of drug-likeness (QED) is 0.809. The summed E-state index contributed by atoms with van der Waals surface area (Å²) in [5.41, 5.74) is 3.16. The maximum Gasteiger partial charge on any atom is 0.282 e. The molecular formula is C15H23N3O2S. The molecule has 0 radical (unpaired) electrons. The summed E-state index contributed by atoms with van der Waals surface area (Å²) in [4.78, 5) is 0. The number of benzene rings is 1. The molecule has 0 saturated carbocycles. The molecule has 0 aliphatic rings. The summed E-state index contributed by atoms with van der Waals surface area (Å²) in [5, 5.41) is 8.71. The number of hydrogen-bond acceptors (Lipinski definition) is 3. The Morgan fingerprint density at radius 1 is 1.29 bits per heavy atom. The van der Waals surface area contributed by atoms with Gasteiger partial charge in [0, 0.05) is 26.7 Å². The maximum absolute atomic E-state index is 12.5. The molecule has 6 heteroatoms. The van der Waals surface area contributed by atoms with Crippen LogP contribution >= 0.6 is 0 Å². The van der Waals surface area contributed by atoms with E-state index in [-0.39, 0.29) is 12.5 Å². The van der Waals surface area contributed by atoms with Gasteiger partial charge in [-0.05, 0) is 31.9 Å². The molecule has 0 spiro atoms. The molecule has 0 aromatic heterocycles. The lowest BCUT2D eigenvalue weighted by Gasteiger charge is -2.28. The Hall–Kier alpha value is -1.42. The topological polar surface area (TPSA) is 64.4 Å². The molecule has 0 aliphatic carbocycles. The van der Waals surface area contributed by atoms with E-state index >= 15 is 0 Å². The van der Waals surface area contributed by atoms with Crippen LogP contribution in [0.5, 0.6) is 0 Å². The zero-order valence-electron chi connectivity index (χ0n) is 13.3. The Kier molecular flexibility index (Phi) is 5.90. The summed E-state index contributed by atoms with van der Waals surface area (Å²) in [6.07, 6.45) is 0.174. The molecular weight excluding hydrogens is 286 g/mol. The van der Waals surface area contributed by atoms with Crippen LogP contribution in [-0.4, -0.2) is 37.2 Å². The van der Waals surface area contributed by atoms with E-state index in [1.165, 1.54) is 15.7 Å². The predicted octanol–water partition coefficient (Wildman–Crippen LogP) is 2.21. The fourth-order valence-corrected chi connectivity index (χ4v) is 3.27. The number of rotatable bonds is 6. The van der Waals surface area contributed by atoms with Crippen molar-refractivity contribution in [2.24, 2.45) is 0 Å². The minimum Gasteiger partial charge on any atom is -0.198 e. The van der Waals surface area contributed by atoms with Gasteiger partial charge in [0.25, 0.3) is 10.2 Å². The van der Waals surface area contributed by atoms with Gasteiger partial charge < -0.3 is 0 Å². The number of aryl methyl sites for hydroxylation is 2. The van der Waals surface area contributed by atoms with Crippen LogP contribution in [0.1, 0.15) is 30.0 Å². The molecule has 1 atom stereocenters. The fraction of sp³-hybridized carbons (Fsp3) is 0.533. The third kappa shape index (κ3) is 4.27. The third-order valence-corrected chi connectivity index (χ3v) is 5.67. The highest BCUT2D eigenvalue weighted by atomic mass is 32.2. The van der Waals surface area contributed by atoms with E-state index in [0.29, 0.717) is 6.54 Å². The van der Waals surface area contributed by atoms with Crippen molar-refractivity contribution in [1.82, 2.24) is 8.61 Å². The van der Waals surface area contributed by atoms with Gasteiger partial charge in [0.05, 0.1) is 12.5 Å². The maximum atomic E-state index is 12.5. The lowest BCUT2D eigenvalue weighted by molar-refractivity contribution is 0.344. The van der Waals surface area contributed by atoms with Gasteiger partial charge in [-0.15, -0.1) is 0 Å². The Labute approximate surface area is 128 Å². The van der Waals surface area contributed by atoms with E-state index < -0.39 is 10.2 Å². The molecule has 1 rings (SSSR count). The molecule has 0 saturated heterocycles. The third-order valence-electron chi connectivity index (χ3n) is 3.66. The second-order valence-electron chi connectivity index (χ2n) is 5.42. The first-order valence-electron chi connectivity index (χ1n) is 6.82. The highest BCUT2D eigenvalue weighted by Crippen LogP contribution is 2.17. The molecule has 0 unspecified atom stereocenters. The van der Waals surface area contributed by atoms with Gasteiger partial charge in [0.15, 0.2) is 0 Å². The van der Waals surface area contributed by atoms with Crippen molar-refractivity contribution in [2.45, 2.75) is 39.8 Å². The van der Waals surface area contributed by atoms with E-state index in [2.05, 4.69) is 0 Å². The summed E-state index contributed by atoms with van der Waals surface area (Å²) in [5.74, 6) is 0. The molecule has 1 aromatic carbocycles. The first-order valence-corrected chi connectivity index (χ1v) is 8.22. The highest BCUT2D eigenvalue weighted by molar-refractivity contribution is 7.86. The first-order chi connectivity index (χ1) is 9.70. The zero-order valence-corrected chi connectivity index (χ0v) is 14.1. The minimum atomic E-state index is -3.57. The monoisotopic (exact) mass is 309 g/mol. The van der Waals surface area contributed by atoms with Gasteiger partial charge >= 0.3 is 0 Å². The predicted molar refractivity (Wildman–Crippen MR) is 83.8 cm³/mol. The molecule has 0 heterocycles. The largest absolute Gasteiger partial charge is 0.282 e. The van der Waals surface area contributed by atoms with E-state index in [1.54, 1.807) is 14.0 Å². The Morgan fingerprint density at radius 3 is 2.48 bits per heavy atom. The summed E-state index contributed by atoms with van der Waals surface area (Å²) >= 11 is 0. The van der Waals surface area contributed by atoms with Gasteiger partial charge in [0.2, 0.25) is 0 Å². The Bertz CT molecular complexity index is 635. The molecule has 1 aromatic rings. The SMILES string of the molecule is Cc1ccc(C)c(CN(C)S(=O)(=O)N(C)[C@@H](C)CC#N)c1. The van der Waals surface area contributed by atoms with Crippen molar-refractivity contribution < 1.29 is 8.42 Å². The van der Waals surface area contributed by atoms with Crippen LogP contribution in [0, 0.1) is 25.2 Å². The molecule has 0 bridgehead atoms. The fourth-order valence-electron chi connectivity index (χ4n) is 2.00. The average molecular weight is 309 g/mol. The summed E-state index contributed by atoms with van der Waals surface area (Å²) in [7, 11) is -0.500. The zero-order chi connectivity index (χ0) is 16.2. The normalized spacial score (nSPS) is 13.4. The van der Waals surface area contributed by atoms with Crippen molar-refractivity contribution >= 4 is 10.2 Å². The number of nitrogens with zero attached hydrogens (tertiary/aromatic N) is 3. The summed E-state index contributed by atoms with van der Waals surface area (Å²) in [6, 6.07) is 7.66. The average Bonchev–Trinajstić information content (AvgIpc) is 2.42. The lowest BCUT2D eigenvalue weighted by atomic mass is 10.1. The lowest BCUT2D eigenvalue weighted by Crippen LogP contribution is -2.43. The van der Waals surface area contributed by atoms with Gasteiger partial charge in [-0.25, -0.2) is 0 Å². The van der Waals surface area contributed by atoms with Crippen LogP contribution < -0.4 is 0 Å². The smallest absolute Gasteiger partial charge is 0.198 e. The second-order valence-corrected chi connectivity index (χ2v) is 7.52. The molecule has 116 valence electrons. The van der Waals surface area contributed by atoms with E-state index in [1.807, 2.05) is 38.1 Å². The van der Waals surface area contributed by atoms with Crippen molar-refractivity contribution in [3.05, 3.63) is 34.9 Å². The molecule has 0 N–H and O–H groups in total. The van der Waals surface area contributed by atoms with Gasteiger partial charge in [-0.1, -0.05) is 23.8 Å². The van der Waals surface area contributed by atoms with Gasteiger partial charge in [-0.2, -0.15) is 22.3 Å². The van der Waals surface area contributed by atoms with E-state index in [9.17, 15) is 8.42 Å². The number of hydrogen-bond donors (Lipinski definition) is 0. The first kappa shape index (κ1) is 17.6. The van der Waals surface area contributed by atoms with E-state index in [4.69, 9.17) is 5.26 Å². The van der Waals surface area contributed by atoms with Crippen LogP contribution in [0.3, 0.4) is 0 Å². The van der Waals surface area contributed by atoms with Gasteiger partial charge in [0.1, 0.15) is 0 Å². The van der Waals surface area contributed by atoms with Crippen LogP contribution in [0.4, 0.5) is 0 Å². The summed E-state index contributed by atoms with van der Waals surface area (Å²) in [6.45, 7) is 6.00.